The topological polar surface area (TPSA) is 87.9 Å². The molecule has 0 aliphatic rings. The molecule has 0 bridgehead atoms. The van der Waals surface area contributed by atoms with Crippen molar-refractivity contribution in [3.05, 3.63) is 23.8 Å². The largest absolute Gasteiger partial charge is 0.493 e. The van der Waals surface area contributed by atoms with Gasteiger partial charge >= 0.3 is 11.9 Å². The van der Waals surface area contributed by atoms with E-state index in [2.05, 4.69) is 4.74 Å². The first-order valence-corrected chi connectivity index (χ1v) is 6.24. The molecule has 0 saturated carbocycles. The van der Waals surface area contributed by atoms with Crippen LogP contribution in [0.5, 0.6) is 5.75 Å². The van der Waals surface area contributed by atoms with E-state index in [9.17, 15) is 9.59 Å². The molecule has 0 heterocycles. The predicted octanol–water partition coefficient (Wildman–Crippen LogP) is 1.78. The molecule has 0 aromatic heterocycles. The lowest BCUT2D eigenvalue weighted by atomic mass is 10.1. The van der Waals surface area contributed by atoms with Crippen molar-refractivity contribution in [2.75, 3.05) is 19.5 Å². The van der Waals surface area contributed by atoms with Crippen molar-refractivity contribution in [3.8, 4) is 5.75 Å². The molecule has 6 heteroatoms. The van der Waals surface area contributed by atoms with E-state index in [-0.39, 0.29) is 30.7 Å². The van der Waals surface area contributed by atoms with Crippen LogP contribution in [-0.4, -0.2) is 31.8 Å². The molecule has 0 aliphatic heterocycles. The number of esters is 2. The minimum atomic E-state index is -0.504. The molecule has 0 fully saturated rings. The summed E-state index contributed by atoms with van der Waals surface area (Å²) in [7, 11) is 1.31. The van der Waals surface area contributed by atoms with Crippen LogP contribution in [0, 0.1) is 0 Å². The summed E-state index contributed by atoms with van der Waals surface area (Å²) in [4.78, 5) is 22.8. The fraction of sp³-hybridized carbons (Fsp3) is 0.429. The quantitative estimate of drug-likeness (QED) is 0.631. The van der Waals surface area contributed by atoms with E-state index < -0.39 is 5.97 Å². The van der Waals surface area contributed by atoms with Crippen LogP contribution in [0.2, 0.25) is 0 Å². The molecule has 20 heavy (non-hydrogen) atoms. The number of nitrogens with two attached hydrogens (primary N) is 1. The highest BCUT2D eigenvalue weighted by Gasteiger charge is 2.14. The third kappa shape index (κ3) is 4.79. The summed E-state index contributed by atoms with van der Waals surface area (Å²) >= 11 is 0. The molecule has 0 aliphatic carbocycles. The second-order valence-electron chi connectivity index (χ2n) is 4.38. The van der Waals surface area contributed by atoms with Gasteiger partial charge in [-0.25, -0.2) is 4.79 Å². The molecule has 110 valence electrons. The van der Waals surface area contributed by atoms with Crippen LogP contribution in [0.15, 0.2) is 18.2 Å². The maximum atomic E-state index is 11.8. The first kappa shape index (κ1) is 15.8. The number of ether oxygens (including phenoxy) is 3. The number of carbonyl (C=O) groups is 2. The summed E-state index contributed by atoms with van der Waals surface area (Å²) < 4.78 is 14.9. The predicted molar refractivity (Wildman–Crippen MR) is 73.5 cm³/mol. The highest BCUT2D eigenvalue weighted by Crippen LogP contribution is 2.21. The van der Waals surface area contributed by atoms with Crippen LogP contribution in [0.1, 0.15) is 30.6 Å². The second kappa shape index (κ2) is 7.37. The molecule has 0 radical (unpaired) electrons. The summed E-state index contributed by atoms with van der Waals surface area (Å²) in [6.45, 7) is 3.67. The van der Waals surface area contributed by atoms with Gasteiger partial charge in [0.05, 0.1) is 31.8 Å². The van der Waals surface area contributed by atoms with Crippen LogP contribution < -0.4 is 10.5 Å². The van der Waals surface area contributed by atoms with Crippen LogP contribution in [0.25, 0.3) is 0 Å². The maximum Gasteiger partial charge on any atom is 0.340 e. The van der Waals surface area contributed by atoms with Crippen molar-refractivity contribution in [2.24, 2.45) is 0 Å². The van der Waals surface area contributed by atoms with E-state index in [0.717, 1.165) is 0 Å². The molecule has 1 aromatic carbocycles. The van der Waals surface area contributed by atoms with E-state index >= 15 is 0 Å². The van der Waals surface area contributed by atoms with Gasteiger partial charge in [0.1, 0.15) is 5.75 Å². The van der Waals surface area contributed by atoms with Gasteiger partial charge in [0.15, 0.2) is 0 Å². The van der Waals surface area contributed by atoms with Gasteiger partial charge < -0.3 is 19.9 Å². The van der Waals surface area contributed by atoms with Crippen molar-refractivity contribution in [1.29, 1.82) is 0 Å². The first-order chi connectivity index (χ1) is 9.43. The third-order valence-corrected chi connectivity index (χ3v) is 2.39. The van der Waals surface area contributed by atoms with Gasteiger partial charge in [-0.2, -0.15) is 0 Å². The summed E-state index contributed by atoms with van der Waals surface area (Å²) in [6, 6.07) is 4.68. The highest BCUT2D eigenvalue weighted by atomic mass is 16.5. The van der Waals surface area contributed by atoms with Crippen LogP contribution in [0.3, 0.4) is 0 Å². The Morgan fingerprint density at radius 1 is 1.30 bits per heavy atom. The highest BCUT2D eigenvalue weighted by molar-refractivity contribution is 5.95. The number of nitrogen functional groups attached to an aromatic ring is 1. The lowest BCUT2D eigenvalue weighted by Crippen LogP contribution is -2.14. The van der Waals surface area contributed by atoms with Crippen molar-refractivity contribution < 1.29 is 23.8 Å². The number of hydrogen-bond donors (Lipinski definition) is 1. The molecule has 2 N–H and O–H groups in total. The smallest absolute Gasteiger partial charge is 0.340 e. The van der Waals surface area contributed by atoms with Gasteiger partial charge in [-0.15, -0.1) is 0 Å². The second-order valence-corrected chi connectivity index (χ2v) is 4.38. The SMILES string of the molecule is COC(=O)CCOc1ccc(N)c(C(=O)OC(C)C)c1. The van der Waals surface area contributed by atoms with Crippen molar-refractivity contribution in [3.63, 3.8) is 0 Å². The van der Waals surface area contributed by atoms with Gasteiger partial charge in [-0.1, -0.05) is 0 Å². The summed E-state index contributed by atoms with van der Waals surface area (Å²) in [5, 5.41) is 0. The van der Waals surface area contributed by atoms with Crippen molar-refractivity contribution in [2.45, 2.75) is 26.4 Å². The lowest BCUT2D eigenvalue weighted by Gasteiger charge is -2.11. The zero-order valence-corrected chi connectivity index (χ0v) is 11.8. The summed E-state index contributed by atoms with van der Waals surface area (Å²) in [5.41, 5.74) is 6.29. The fourth-order valence-electron chi connectivity index (χ4n) is 1.43. The van der Waals surface area contributed by atoms with E-state index in [1.54, 1.807) is 26.0 Å². The fourth-order valence-corrected chi connectivity index (χ4v) is 1.43. The number of carbonyl (C=O) groups excluding carboxylic acids is 2. The monoisotopic (exact) mass is 281 g/mol. The zero-order chi connectivity index (χ0) is 15.1. The third-order valence-electron chi connectivity index (χ3n) is 2.39. The van der Waals surface area contributed by atoms with E-state index in [4.69, 9.17) is 15.2 Å². The Morgan fingerprint density at radius 2 is 2.00 bits per heavy atom. The van der Waals surface area contributed by atoms with Crippen molar-refractivity contribution >= 4 is 17.6 Å². The number of hydrogen-bond acceptors (Lipinski definition) is 6. The normalized spacial score (nSPS) is 10.2. The molecule has 0 spiro atoms. The molecule has 1 rings (SSSR count). The summed E-state index contributed by atoms with van der Waals surface area (Å²) in [6.07, 6.45) is -0.0991. The summed E-state index contributed by atoms with van der Waals surface area (Å²) in [5.74, 6) is -0.422. The Hall–Kier alpha value is -2.24. The standard InChI is InChI=1S/C14H19NO5/c1-9(2)20-14(17)11-8-10(4-5-12(11)15)19-7-6-13(16)18-3/h4-5,8-9H,6-7,15H2,1-3H3. The van der Waals surface area contributed by atoms with E-state index in [1.165, 1.54) is 13.2 Å². The van der Waals surface area contributed by atoms with Gasteiger partial charge in [-0.3, -0.25) is 4.79 Å². The minimum absolute atomic E-state index is 0.132. The average Bonchev–Trinajstić information content (AvgIpc) is 2.39. The number of benzene rings is 1. The maximum absolute atomic E-state index is 11.8. The molecule has 0 atom stereocenters. The van der Waals surface area contributed by atoms with Gasteiger partial charge in [-0.05, 0) is 32.0 Å². The average molecular weight is 281 g/mol. The Balaban J connectivity index is 2.71. The van der Waals surface area contributed by atoms with Gasteiger partial charge in [0.25, 0.3) is 0 Å². The Labute approximate surface area is 117 Å². The van der Waals surface area contributed by atoms with Crippen LogP contribution >= 0.6 is 0 Å². The lowest BCUT2D eigenvalue weighted by molar-refractivity contribution is -0.141. The molecular formula is C14H19NO5. The Kier molecular flexibility index (Phi) is 5.83. The number of anilines is 1. The Bertz CT molecular complexity index is 484. The minimum Gasteiger partial charge on any atom is -0.493 e. The number of methoxy groups -OCH3 is 1. The van der Waals surface area contributed by atoms with E-state index in [1.807, 2.05) is 0 Å². The van der Waals surface area contributed by atoms with Gasteiger partial charge in [0.2, 0.25) is 0 Å². The molecular weight excluding hydrogens is 262 g/mol. The molecule has 0 unspecified atom stereocenters. The van der Waals surface area contributed by atoms with Gasteiger partial charge in [0, 0.05) is 5.69 Å². The molecule has 0 amide bonds. The molecule has 1 aromatic rings. The number of rotatable bonds is 6. The van der Waals surface area contributed by atoms with Crippen LogP contribution in [0.4, 0.5) is 5.69 Å². The van der Waals surface area contributed by atoms with E-state index in [0.29, 0.717) is 11.4 Å². The van der Waals surface area contributed by atoms with Crippen molar-refractivity contribution in [1.82, 2.24) is 0 Å². The molecule has 6 nitrogen and oxygen atoms in total. The molecule has 0 saturated heterocycles. The zero-order valence-electron chi connectivity index (χ0n) is 11.8. The van der Waals surface area contributed by atoms with Crippen LogP contribution in [-0.2, 0) is 14.3 Å². The Morgan fingerprint density at radius 3 is 2.60 bits per heavy atom. The first-order valence-electron chi connectivity index (χ1n) is 6.24.